The van der Waals surface area contributed by atoms with Crippen LogP contribution >= 0.6 is 0 Å². The quantitative estimate of drug-likeness (QED) is 0.772. The van der Waals surface area contributed by atoms with Gasteiger partial charge in [-0.25, -0.2) is 4.79 Å². The molecule has 158 valence electrons. The number of aryl methyl sites for hydroxylation is 1. The first-order valence-electron chi connectivity index (χ1n) is 10.1. The van der Waals surface area contributed by atoms with E-state index in [2.05, 4.69) is 5.32 Å². The molecule has 0 aliphatic rings. The molecule has 0 aliphatic carbocycles. The first kappa shape index (κ1) is 22.5. The smallest absolute Gasteiger partial charge is 0.318 e. The Morgan fingerprint density at radius 3 is 2.21 bits per heavy atom. The van der Waals surface area contributed by atoms with Crippen LogP contribution in [-0.4, -0.2) is 44.4 Å². The third kappa shape index (κ3) is 6.97. The molecule has 1 heterocycles. The zero-order valence-corrected chi connectivity index (χ0v) is 18.5. The molecular weight excluding hydrogens is 364 g/mol. The molecule has 0 atom stereocenters. The van der Waals surface area contributed by atoms with Crippen LogP contribution in [0.1, 0.15) is 45.9 Å². The van der Waals surface area contributed by atoms with E-state index in [1.54, 1.807) is 4.90 Å². The van der Waals surface area contributed by atoms with Gasteiger partial charge in [0, 0.05) is 37.1 Å². The molecule has 0 saturated carbocycles. The number of carbonyl (C=O) groups excluding carboxylic acids is 2. The van der Waals surface area contributed by atoms with Crippen LogP contribution in [0.3, 0.4) is 0 Å². The Morgan fingerprint density at radius 2 is 1.69 bits per heavy atom. The molecule has 2 rings (SSSR count). The Balaban J connectivity index is 2.20. The Bertz CT molecular complexity index is 806. The summed E-state index contributed by atoms with van der Waals surface area (Å²) in [6.45, 7) is 10.7. The average molecular weight is 399 g/mol. The van der Waals surface area contributed by atoms with Crippen molar-refractivity contribution >= 4 is 11.9 Å². The SMILES string of the molecule is CC(C)N(CC(=O)N(Cc1ccccc1)Cc1cccn1C)C(=O)NC(C)(C)C. The van der Waals surface area contributed by atoms with Gasteiger partial charge in [-0.05, 0) is 52.3 Å². The van der Waals surface area contributed by atoms with Gasteiger partial charge < -0.3 is 19.7 Å². The Hall–Kier alpha value is -2.76. The maximum Gasteiger partial charge on any atom is 0.318 e. The second kappa shape index (κ2) is 9.63. The predicted molar refractivity (Wildman–Crippen MR) is 116 cm³/mol. The summed E-state index contributed by atoms with van der Waals surface area (Å²) in [5.74, 6) is -0.0761. The summed E-state index contributed by atoms with van der Waals surface area (Å²) in [5.41, 5.74) is 1.75. The summed E-state index contributed by atoms with van der Waals surface area (Å²) in [4.78, 5) is 29.4. The van der Waals surface area contributed by atoms with Crippen LogP contribution in [0.5, 0.6) is 0 Å². The third-order valence-electron chi connectivity index (χ3n) is 4.64. The zero-order chi connectivity index (χ0) is 21.6. The van der Waals surface area contributed by atoms with E-state index < -0.39 is 0 Å². The lowest BCUT2D eigenvalue weighted by molar-refractivity contribution is -0.133. The van der Waals surface area contributed by atoms with Crippen molar-refractivity contribution in [3.8, 4) is 0 Å². The van der Waals surface area contributed by atoms with Crippen molar-refractivity contribution in [2.24, 2.45) is 7.05 Å². The van der Waals surface area contributed by atoms with Crippen LogP contribution in [0.2, 0.25) is 0 Å². The Morgan fingerprint density at radius 1 is 1.03 bits per heavy atom. The maximum absolute atomic E-state index is 13.3. The second-order valence-corrected chi connectivity index (χ2v) is 8.75. The minimum absolute atomic E-state index is 0.0385. The average Bonchev–Trinajstić information content (AvgIpc) is 3.02. The molecule has 29 heavy (non-hydrogen) atoms. The van der Waals surface area contributed by atoms with Crippen molar-refractivity contribution in [1.29, 1.82) is 0 Å². The first-order valence-corrected chi connectivity index (χ1v) is 10.1. The number of amides is 3. The van der Waals surface area contributed by atoms with Crippen molar-refractivity contribution < 1.29 is 9.59 Å². The van der Waals surface area contributed by atoms with E-state index in [4.69, 9.17) is 0 Å². The van der Waals surface area contributed by atoms with Crippen LogP contribution in [0.25, 0.3) is 0 Å². The van der Waals surface area contributed by atoms with Crippen LogP contribution in [0, 0.1) is 0 Å². The molecule has 1 aromatic carbocycles. The van der Waals surface area contributed by atoms with Gasteiger partial charge in [0.25, 0.3) is 0 Å². The topological polar surface area (TPSA) is 57.6 Å². The maximum atomic E-state index is 13.3. The highest BCUT2D eigenvalue weighted by Crippen LogP contribution is 2.13. The monoisotopic (exact) mass is 398 g/mol. The molecular formula is C23H34N4O2. The number of nitrogens with one attached hydrogen (secondary N) is 1. The summed E-state index contributed by atoms with van der Waals surface area (Å²) in [5, 5.41) is 2.96. The molecule has 6 nitrogen and oxygen atoms in total. The number of aromatic nitrogens is 1. The molecule has 6 heteroatoms. The lowest BCUT2D eigenvalue weighted by Gasteiger charge is -2.33. The molecule has 0 unspecified atom stereocenters. The lowest BCUT2D eigenvalue weighted by Crippen LogP contribution is -2.53. The van der Waals surface area contributed by atoms with Gasteiger partial charge >= 0.3 is 6.03 Å². The minimum Gasteiger partial charge on any atom is -0.353 e. The van der Waals surface area contributed by atoms with Gasteiger partial charge in [0.2, 0.25) is 5.91 Å². The number of hydrogen-bond donors (Lipinski definition) is 1. The molecule has 0 spiro atoms. The lowest BCUT2D eigenvalue weighted by atomic mass is 10.1. The summed E-state index contributed by atoms with van der Waals surface area (Å²) in [7, 11) is 1.97. The molecule has 0 fully saturated rings. The largest absolute Gasteiger partial charge is 0.353 e. The number of rotatable bonds is 7. The standard InChI is InChI=1S/C23H34N4O2/c1-18(2)27(22(29)24-23(3,4)5)17-21(28)26(15-19-11-8-7-9-12-19)16-20-13-10-14-25(20)6/h7-14,18H,15-17H2,1-6H3,(H,24,29). The van der Waals surface area contributed by atoms with Gasteiger partial charge in [-0.2, -0.15) is 0 Å². The summed E-state index contributed by atoms with van der Waals surface area (Å²) >= 11 is 0. The number of urea groups is 1. The highest BCUT2D eigenvalue weighted by molar-refractivity contribution is 5.84. The van der Waals surface area contributed by atoms with Gasteiger partial charge in [-0.1, -0.05) is 30.3 Å². The van der Waals surface area contributed by atoms with Gasteiger partial charge in [0.05, 0.1) is 6.54 Å². The Kier molecular flexibility index (Phi) is 7.48. The van der Waals surface area contributed by atoms with Crippen molar-refractivity contribution in [2.45, 2.75) is 59.3 Å². The molecule has 1 aromatic heterocycles. The molecule has 3 amide bonds. The van der Waals surface area contributed by atoms with Crippen molar-refractivity contribution in [3.63, 3.8) is 0 Å². The summed E-state index contributed by atoms with van der Waals surface area (Å²) in [6, 6.07) is 13.6. The van der Waals surface area contributed by atoms with Crippen molar-refractivity contribution in [3.05, 3.63) is 59.9 Å². The van der Waals surface area contributed by atoms with E-state index in [0.717, 1.165) is 11.3 Å². The van der Waals surface area contributed by atoms with E-state index in [9.17, 15) is 9.59 Å². The van der Waals surface area contributed by atoms with E-state index in [0.29, 0.717) is 13.1 Å². The van der Waals surface area contributed by atoms with Crippen LogP contribution in [0.15, 0.2) is 48.7 Å². The van der Waals surface area contributed by atoms with Gasteiger partial charge in [0.1, 0.15) is 6.54 Å². The number of hydrogen-bond acceptors (Lipinski definition) is 2. The highest BCUT2D eigenvalue weighted by atomic mass is 16.2. The fourth-order valence-electron chi connectivity index (χ4n) is 3.02. The zero-order valence-electron chi connectivity index (χ0n) is 18.5. The summed E-state index contributed by atoms with van der Waals surface area (Å²) < 4.78 is 2.01. The highest BCUT2D eigenvalue weighted by Gasteiger charge is 2.26. The fourth-order valence-corrected chi connectivity index (χ4v) is 3.02. The number of nitrogens with zero attached hydrogens (tertiary/aromatic N) is 3. The van der Waals surface area contributed by atoms with E-state index in [-0.39, 0.29) is 30.1 Å². The number of carbonyl (C=O) groups is 2. The van der Waals surface area contributed by atoms with E-state index in [1.807, 2.05) is 99.8 Å². The molecule has 0 aliphatic heterocycles. The molecule has 1 N–H and O–H groups in total. The van der Waals surface area contributed by atoms with Gasteiger partial charge in [-0.3, -0.25) is 4.79 Å². The van der Waals surface area contributed by atoms with Crippen LogP contribution in [0.4, 0.5) is 4.79 Å². The Labute approximate surface area is 174 Å². The third-order valence-corrected chi connectivity index (χ3v) is 4.64. The molecule has 2 aromatic rings. The van der Waals surface area contributed by atoms with Crippen LogP contribution < -0.4 is 5.32 Å². The van der Waals surface area contributed by atoms with Crippen LogP contribution in [-0.2, 0) is 24.9 Å². The molecule has 0 bridgehead atoms. The fraction of sp³-hybridized carbons (Fsp3) is 0.478. The van der Waals surface area contributed by atoms with Crippen molar-refractivity contribution in [2.75, 3.05) is 6.54 Å². The van der Waals surface area contributed by atoms with E-state index in [1.165, 1.54) is 0 Å². The van der Waals surface area contributed by atoms with E-state index >= 15 is 0 Å². The predicted octanol–water partition coefficient (Wildman–Crippen LogP) is 3.77. The molecule has 0 saturated heterocycles. The minimum atomic E-state index is -0.361. The van der Waals surface area contributed by atoms with Gasteiger partial charge in [-0.15, -0.1) is 0 Å². The first-order chi connectivity index (χ1) is 13.6. The second-order valence-electron chi connectivity index (χ2n) is 8.75. The van der Waals surface area contributed by atoms with Gasteiger partial charge in [0.15, 0.2) is 0 Å². The number of benzene rings is 1. The molecule has 0 radical (unpaired) electrons. The summed E-state index contributed by atoms with van der Waals surface area (Å²) in [6.07, 6.45) is 1.97. The van der Waals surface area contributed by atoms with Crippen molar-refractivity contribution in [1.82, 2.24) is 19.7 Å². The normalized spacial score (nSPS) is 11.4.